The minimum atomic E-state index is -0.118. The number of carbonyl (C=O) groups excluding carboxylic acids is 1. The number of amides is 2. The lowest BCUT2D eigenvalue weighted by molar-refractivity contribution is 0.194. The van der Waals surface area contributed by atoms with Gasteiger partial charge in [0, 0.05) is 19.1 Å². The Morgan fingerprint density at radius 2 is 2.07 bits per heavy atom. The van der Waals surface area contributed by atoms with Crippen LogP contribution in [0.3, 0.4) is 0 Å². The van der Waals surface area contributed by atoms with Crippen molar-refractivity contribution in [2.45, 2.75) is 33.7 Å². The number of nitriles is 1. The average molecular weight is 197 g/mol. The van der Waals surface area contributed by atoms with E-state index in [-0.39, 0.29) is 18.0 Å². The van der Waals surface area contributed by atoms with E-state index >= 15 is 0 Å². The highest BCUT2D eigenvalue weighted by atomic mass is 16.2. The summed E-state index contributed by atoms with van der Waals surface area (Å²) in [4.78, 5) is 13.2. The minimum absolute atomic E-state index is 0.0930. The fraction of sp³-hybridized carbons (Fsp3) is 0.800. The Bertz CT molecular complexity index is 220. The van der Waals surface area contributed by atoms with Crippen LogP contribution in [0.4, 0.5) is 4.79 Å². The van der Waals surface area contributed by atoms with E-state index in [1.807, 2.05) is 27.7 Å². The van der Waals surface area contributed by atoms with Gasteiger partial charge in [-0.1, -0.05) is 0 Å². The van der Waals surface area contributed by atoms with Crippen LogP contribution in [-0.2, 0) is 0 Å². The lowest BCUT2D eigenvalue weighted by Crippen LogP contribution is -2.44. The summed E-state index contributed by atoms with van der Waals surface area (Å²) in [6.45, 7) is 8.67. The van der Waals surface area contributed by atoms with Crippen LogP contribution in [-0.4, -0.2) is 30.1 Å². The molecule has 80 valence electrons. The van der Waals surface area contributed by atoms with Gasteiger partial charge in [0.25, 0.3) is 0 Å². The first-order valence-corrected chi connectivity index (χ1v) is 4.96. The van der Waals surface area contributed by atoms with E-state index in [0.29, 0.717) is 13.1 Å². The molecule has 2 amide bonds. The largest absolute Gasteiger partial charge is 0.336 e. The predicted molar refractivity (Wildman–Crippen MR) is 55.7 cm³/mol. The molecule has 0 saturated heterocycles. The zero-order valence-electron chi connectivity index (χ0n) is 9.37. The highest BCUT2D eigenvalue weighted by Crippen LogP contribution is 1.99. The van der Waals surface area contributed by atoms with E-state index < -0.39 is 0 Å². The van der Waals surface area contributed by atoms with Crippen LogP contribution >= 0.6 is 0 Å². The van der Waals surface area contributed by atoms with Gasteiger partial charge < -0.3 is 10.2 Å². The van der Waals surface area contributed by atoms with Crippen LogP contribution in [0.15, 0.2) is 0 Å². The molecule has 0 spiro atoms. The maximum atomic E-state index is 11.5. The van der Waals surface area contributed by atoms with E-state index in [2.05, 4.69) is 11.4 Å². The van der Waals surface area contributed by atoms with Crippen LogP contribution in [0.2, 0.25) is 0 Å². The molecule has 0 aliphatic heterocycles. The Morgan fingerprint density at radius 3 is 2.43 bits per heavy atom. The summed E-state index contributed by atoms with van der Waals surface area (Å²) < 4.78 is 0. The van der Waals surface area contributed by atoms with Gasteiger partial charge in [-0.25, -0.2) is 4.79 Å². The van der Waals surface area contributed by atoms with E-state index in [4.69, 9.17) is 5.26 Å². The van der Waals surface area contributed by atoms with Crippen molar-refractivity contribution in [2.24, 2.45) is 5.92 Å². The molecular weight excluding hydrogens is 178 g/mol. The zero-order chi connectivity index (χ0) is 11.1. The molecule has 1 N–H and O–H groups in total. The van der Waals surface area contributed by atoms with E-state index in [1.165, 1.54) is 0 Å². The van der Waals surface area contributed by atoms with Gasteiger partial charge in [-0.2, -0.15) is 5.26 Å². The van der Waals surface area contributed by atoms with Gasteiger partial charge in [-0.05, 0) is 27.7 Å². The monoisotopic (exact) mass is 197 g/mol. The second kappa shape index (κ2) is 6.25. The maximum absolute atomic E-state index is 11.5. The van der Waals surface area contributed by atoms with Crippen molar-refractivity contribution < 1.29 is 4.79 Å². The predicted octanol–water partition coefficient (Wildman–Crippen LogP) is 1.59. The van der Waals surface area contributed by atoms with Crippen molar-refractivity contribution >= 4 is 6.03 Å². The van der Waals surface area contributed by atoms with Crippen LogP contribution in [0.5, 0.6) is 0 Å². The third-order valence-corrected chi connectivity index (χ3v) is 1.80. The summed E-state index contributed by atoms with van der Waals surface area (Å²) >= 11 is 0. The van der Waals surface area contributed by atoms with Crippen LogP contribution in [0.1, 0.15) is 27.7 Å². The summed E-state index contributed by atoms with van der Waals surface area (Å²) in [7, 11) is 0. The Balaban J connectivity index is 4.14. The first-order valence-electron chi connectivity index (χ1n) is 4.96. The molecule has 4 heteroatoms. The second-order valence-electron chi connectivity index (χ2n) is 3.67. The Kier molecular flexibility index (Phi) is 5.70. The van der Waals surface area contributed by atoms with Gasteiger partial charge >= 0.3 is 6.03 Å². The fourth-order valence-electron chi connectivity index (χ4n) is 1.07. The van der Waals surface area contributed by atoms with Crippen LogP contribution < -0.4 is 5.32 Å². The number of carbonyl (C=O) groups is 1. The van der Waals surface area contributed by atoms with E-state index in [0.717, 1.165) is 0 Å². The summed E-state index contributed by atoms with van der Waals surface area (Å²) in [6.07, 6.45) is 0. The van der Waals surface area contributed by atoms with Crippen LogP contribution in [0, 0.1) is 17.2 Å². The number of nitrogens with zero attached hydrogens (tertiary/aromatic N) is 2. The molecule has 0 aliphatic rings. The molecule has 0 aliphatic carbocycles. The van der Waals surface area contributed by atoms with Gasteiger partial charge in [0.05, 0.1) is 12.0 Å². The Morgan fingerprint density at radius 1 is 1.50 bits per heavy atom. The molecular formula is C10H19N3O. The van der Waals surface area contributed by atoms with Gasteiger partial charge in [0.2, 0.25) is 0 Å². The molecule has 0 saturated carbocycles. The van der Waals surface area contributed by atoms with Crippen molar-refractivity contribution in [3.05, 3.63) is 0 Å². The number of urea groups is 1. The minimum Gasteiger partial charge on any atom is -0.336 e. The van der Waals surface area contributed by atoms with Gasteiger partial charge in [-0.15, -0.1) is 0 Å². The van der Waals surface area contributed by atoms with Crippen molar-refractivity contribution in [2.75, 3.05) is 13.1 Å². The zero-order valence-corrected chi connectivity index (χ0v) is 9.37. The molecule has 0 aromatic carbocycles. The highest BCUT2D eigenvalue weighted by Gasteiger charge is 2.14. The summed E-state index contributed by atoms with van der Waals surface area (Å²) in [5, 5.41) is 11.4. The molecule has 4 nitrogen and oxygen atoms in total. The smallest absolute Gasteiger partial charge is 0.317 e. The number of rotatable bonds is 4. The first kappa shape index (κ1) is 12.8. The van der Waals surface area contributed by atoms with Crippen molar-refractivity contribution in [1.82, 2.24) is 10.2 Å². The van der Waals surface area contributed by atoms with Gasteiger partial charge in [-0.3, -0.25) is 0 Å². The molecule has 0 bridgehead atoms. The molecule has 0 aromatic rings. The maximum Gasteiger partial charge on any atom is 0.317 e. The molecule has 14 heavy (non-hydrogen) atoms. The number of hydrogen-bond donors (Lipinski definition) is 1. The number of nitrogens with one attached hydrogen (secondary N) is 1. The lowest BCUT2D eigenvalue weighted by Gasteiger charge is -2.23. The SMILES string of the molecule is CCN(CC(C)C#N)C(=O)NC(C)C. The normalized spacial score (nSPS) is 12.0. The van der Waals surface area contributed by atoms with Crippen molar-refractivity contribution in [1.29, 1.82) is 5.26 Å². The third kappa shape index (κ3) is 4.70. The molecule has 1 unspecified atom stereocenters. The molecule has 1 atom stereocenters. The average Bonchev–Trinajstić information content (AvgIpc) is 2.12. The number of hydrogen-bond acceptors (Lipinski definition) is 2. The third-order valence-electron chi connectivity index (χ3n) is 1.80. The van der Waals surface area contributed by atoms with E-state index in [9.17, 15) is 4.79 Å². The lowest BCUT2D eigenvalue weighted by atomic mass is 10.2. The molecule has 0 radical (unpaired) electrons. The van der Waals surface area contributed by atoms with Gasteiger partial charge in [0.15, 0.2) is 0 Å². The van der Waals surface area contributed by atoms with Gasteiger partial charge in [0.1, 0.15) is 0 Å². The Hall–Kier alpha value is -1.24. The fourth-order valence-corrected chi connectivity index (χ4v) is 1.07. The quantitative estimate of drug-likeness (QED) is 0.744. The Labute approximate surface area is 85.9 Å². The topological polar surface area (TPSA) is 56.1 Å². The summed E-state index contributed by atoms with van der Waals surface area (Å²) in [5.74, 6) is -0.118. The second-order valence-corrected chi connectivity index (χ2v) is 3.67. The van der Waals surface area contributed by atoms with Crippen LogP contribution in [0.25, 0.3) is 0 Å². The standard InChI is InChI=1S/C10H19N3O/c1-5-13(7-9(4)6-11)10(14)12-8(2)3/h8-9H,5,7H2,1-4H3,(H,12,14). The summed E-state index contributed by atoms with van der Waals surface area (Å²) in [6, 6.07) is 2.16. The molecule has 0 rings (SSSR count). The first-order chi connectivity index (χ1) is 6.51. The van der Waals surface area contributed by atoms with Crippen molar-refractivity contribution in [3.8, 4) is 6.07 Å². The molecule has 0 aromatic heterocycles. The molecule has 0 fully saturated rings. The highest BCUT2D eigenvalue weighted by molar-refractivity contribution is 5.74. The molecule has 0 heterocycles. The summed E-state index contributed by atoms with van der Waals surface area (Å²) in [5.41, 5.74) is 0. The van der Waals surface area contributed by atoms with Crippen molar-refractivity contribution in [3.63, 3.8) is 0 Å². The van der Waals surface area contributed by atoms with E-state index in [1.54, 1.807) is 4.90 Å².